The molecule has 0 saturated carbocycles. The zero-order chi connectivity index (χ0) is 22.2. The Morgan fingerprint density at radius 3 is 2.42 bits per heavy atom. The Bertz CT molecular complexity index is 1130. The van der Waals surface area contributed by atoms with Crippen molar-refractivity contribution in [2.45, 2.75) is 6.92 Å². The topological polar surface area (TPSA) is 71.3 Å². The average molecular weight is 407 g/mol. The molecule has 0 aliphatic carbocycles. The van der Waals surface area contributed by atoms with Gasteiger partial charge in [-0.2, -0.15) is 0 Å². The minimum atomic E-state index is -0.443. The van der Waals surface area contributed by atoms with E-state index < -0.39 is 5.91 Å². The number of aryl methyl sites for hydroxylation is 1. The van der Waals surface area contributed by atoms with Crippen LogP contribution in [0.25, 0.3) is 17.4 Å². The van der Waals surface area contributed by atoms with Crippen molar-refractivity contribution < 1.29 is 14.0 Å². The number of amides is 2. The fourth-order valence-electron chi connectivity index (χ4n) is 2.80. The van der Waals surface area contributed by atoms with Gasteiger partial charge in [-0.25, -0.2) is 0 Å². The van der Waals surface area contributed by atoms with E-state index in [-0.39, 0.29) is 18.1 Å². The predicted octanol–water partition coefficient (Wildman–Crippen LogP) is 2.74. The van der Waals surface area contributed by atoms with Gasteiger partial charge in [0.15, 0.2) is 0 Å². The molecule has 0 aliphatic heterocycles. The molecule has 0 atom stereocenters. The molecule has 0 bridgehead atoms. The summed E-state index contributed by atoms with van der Waals surface area (Å²) < 4.78 is 5.86. The number of carbonyl (C=O) groups is 2. The van der Waals surface area contributed by atoms with E-state index in [2.05, 4.69) is 17.2 Å². The fraction of sp³-hybridized carbons (Fsp3) is 0.0833. The molecule has 1 radical (unpaired) electrons. The third kappa shape index (κ3) is 5.89. The maximum absolute atomic E-state index is 12.6. The van der Waals surface area contributed by atoms with E-state index in [0.717, 1.165) is 16.6 Å². The van der Waals surface area contributed by atoms with E-state index in [0.29, 0.717) is 17.1 Å². The third-order valence-corrected chi connectivity index (χ3v) is 4.51. The van der Waals surface area contributed by atoms with Crippen LogP contribution in [0.2, 0.25) is 0 Å². The zero-order valence-corrected chi connectivity index (χ0v) is 17.2. The van der Waals surface area contributed by atoms with Crippen molar-refractivity contribution in [3.63, 3.8) is 0 Å². The van der Waals surface area contributed by atoms with Crippen LogP contribution in [0.4, 0.5) is 0 Å². The number of furan rings is 1. The van der Waals surface area contributed by atoms with Crippen molar-refractivity contribution in [2.75, 3.05) is 6.54 Å². The summed E-state index contributed by atoms with van der Waals surface area (Å²) in [4.78, 5) is 25.2. The van der Waals surface area contributed by atoms with Crippen LogP contribution in [0.15, 0.2) is 83.4 Å². The first-order chi connectivity index (χ1) is 15.0. The normalized spacial score (nSPS) is 10.8. The van der Waals surface area contributed by atoms with Crippen LogP contribution in [-0.2, 0) is 4.79 Å². The Kier molecular flexibility index (Phi) is 7.33. The van der Waals surface area contributed by atoms with Crippen LogP contribution in [0, 0.1) is 6.92 Å². The fourth-order valence-corrected chi connectivity index (χ4v) is 2.80. The van der Waals surface area contributed by atoms with Gasteiger partial charge < -0.3 is 0 Å². The number of hydrogen-bond acceptors (Lipinski definition) is 3. The second kappa shape index (κ2) is 10.3. The first-order valence-electron chi connectivity index (χ1n) is 9.74. The molecule has 0 fully saturated rings. The average Bonchev–Trinajstić information content (AvgIpc) is 3.26. The standard InChI is InChI=1S/C24H21B2N2O3/c1-3-14-27-24(30)21(28-23(29)18-6-4-16(2)5-7-18)15-20-12-13-22(31-20)17-8-10-19(26-25)11-9-17/h3-13,15H,1,14H2,2H3,(H,27,30)(H,28,29)/b21-15-. The van der Waals surface area contributed by atoms with Crippen LogP contribution >= 0.6 is 0 Å². The summed E-state index contributed by atoms with van der Waals surface area (Å²) in [7, 11) is 5.51. The molecule has 1 aromatic heterocycles. The number of carbonyl (C=O) groups excluding carboxylic acids is 2. The SMILES string of the molecule is [B]=Bc1ccc(-c2ccc(/C=C(\NC(=O)c3ccc(C)cc3)C(=O)NCC=C)o2)cc1. The molecule has 2 amide bonds. The van der Waals surface area contributed by atoms with Gasteiger partial charge in [0.1, 0.15) is 0 Å². The minimum absolute atomic E-state index is 0.0707. The molecule has 2 N–H and O–H groups in total. The van der Waals surface area contributed by atoms with Gasteiger partial charge in [0.25, 0.3) is 0 Å². The summed E-state index contributed by atoms with van der Waals surface area (Å²) in [6.45, 7) is 7.32. The molecule has 151 valence electrons. The number of nitrogens with one attached hydrogen (secondary N) is 2. The van der Waals surface area contributed by atoms with Gasteiger partial charge in [0.2, 0.25) is 0 Å². The molecule has 0 unspecified atom stereocenters. The van der Waals surface area contributed by atoms with Crippen molar-refractivity contribution in [1.29, 1.82) is 0 Å². The van der Waals surface area contributed by atoms with Crippen LogP contribution in [0.1, 0.15) is 21.7 Å². The second-order valence-corrected chi connectivity index (χ2v) is 6.87. The van der Waals surface area contributed by atoms with Gasteiger partial charge in [-0.05, 0) is 19.1 Å². The molecule has 0 saturated heterocycles. The van der Waals surface area contributed by atoms with Gasteiger partial charge in [0.05, 0.1) is 0 Å². The van der Waals surface area contributed by atoms with Crippen LogP contribution in [-0.4, -0.2) is 32.5 Å². The molecule has 1 heterocycles. The van der Waals surface area contributed by atoms with Gasteiger partial charge in [0, 0.05) is 0 Å². The Balaban J connectivity index is 1.85. The monoisotopic (exact) mass is 407 g/mol. The number of hydrogen-bond donors (Lipinski definition) is 2. The van der Waals surface area contributed by atoms with Crippen molar-refractivity contribution in [3.8, 4) is 11.3 Å². The Labute approximate surface area is 183 Å². The maximum atomic E-state index is 12.6. The van der Waals surface area contributed by atoms with Crippen molar-refractivity contribution >= 4 is 37.5 Å². The zero-order valence-electron chi connectivity index (χ0n) is 17.2. The summed E-state index contributed by atoms with van der Waals surface area (Å²) in [6.07, 6.45) is 3.06. The van der Waals surface area contributed by atoms with E-state index >= 15 is 0 Å². The summed E-state index contributed by atoms with van der Waals surface area (Å²) in [5.74, 6) is 0.226. The van der Waals surface area contributed by atoms with E-state index in [1.54, 1.807) is 30.3 Å². The van der Waals surface area contributed by atoms with E-state index in [4.69, 9.17) is 11.8 Å². The first kappa shape index (κ1) is 22.0. The van der Waals surface area contributed by atoms with E-state index in [9.17, 15) is 9.59 Å². The molecule has 7 heteroatoms. The predicted molar refractivity (Wildman–Crippen MR) is 125 cm³/mol. The van der Waals surface area contributed by atoms with E-state index in [1.807, 2.05) is 43.3 Å². The van der Waals surface area contributed by atoms with Crippen molar-refractivity contribution in [3.05, 3.63) is 95.9 Å². The molecule has 3 aromatic rings. The molecular formula is C24H21B2N2O3. The second-order valence-electron chi connectivity index (χ2n) is 6.87. The van der Waals surface area contributed by atoms with Crippen molar-refractivity contribution in [1.82, 2.24) is 10.6 Å². The Morgan fingerprint density at radius 1 is 1.06 bits per heavy atom. The summed E-state index contributed by atoms with van der Waals surface area (Å²) in [5, 5.41) is 5.34. The van der Waals surface area contributed by atoms with Crippen LogP contribution in [0.5, 0.6) is 0 Å². The Morgan fingerprint density at radius 2 is 1.77 bits per heavy atom. The molecular weight excluding hydrogens is 386 g/mol. The molecule has 0 aliphatic rings. The molecule has 5 nitrogen and oxygen atoms in total. The summed E-state index contributed by atoms with van der Waals surface area (Å²) in [5.41, 5.74) is 3.32. The van der Waals surface area contributed by atoms with Gasteiger partial charge >= 0.3 is 133 Å². The van der Waals surface area contributed by atoms with Crippen LogP contribution < -0.4 is 16.1 Å². The quantitative estimate of drug-likeness (QED) is 0.343. The summed E-state index contributed by atoms with van der Waals surface area (Å²) >= 11 is 0. The molecule has 0 spiro atoms. The molecule has 2 aromatic carbocycles. The van der Waals surface area contributed by atoms with Crippen molar-refractivity contribution in [2.24, 2.45) is 0 Å². The molecule has 3 rings (SSSR count). The summed E-state index contributed by atoms with van der Waals surface area (Å²) in [6, 6.07) is 18.2. The number of rotatable bonds is 8. The van der Waals surface area contributed by atoms with Gasteiger partial charge in [-0.15, -0.1) is 6.58 Å². The Hall–Kier alpha value is -3.73. The van der Waals surface area contributed by atoms with E-state index in [1.165, 1.54) is 12.9 Å². The molecule has 31 heavy (non-hydrogen) atoms. The first-order valence-corrected chi connectivity index (χ1v) is 9.74. The third-order valence-electron chi connectivity index (χ3n) is 4.51. The van der Waals surface area contributed by atoms with Gasteiger partial charge in [-0.1, -0.05) is 23.8 Å². The van der Waals surface area contributed by atoms with Gasteiger partial charge in [-0.3, -0.25) is 0 Å². The number of benzene rings is 2. The van der Waals surface area contributed by atoms with Crippen LogP contribution in [0.3, 0.4) is 0 Å².